The summed E-state index contributed by atoms with van der Waals surface area (Å²) in [5.41, 5.74) is 2.60. The summed E-state index contributed by atoms with van der Waals surface area (Å²) in [6.07, 6.45) is 3.73. The minimum atomic E-state index is 0.584. The lowest BCUT2D eigenvalue weighted by atomic mass is 9.90. The molecule has 0 saturated carbocycles. The number of hydrogen-bond donors (Lipinski definition) is 0. The molecule has 0 spiro atoms. The van der Waals surface area contributed by atoms with Crippen molar-refractivity contribution in [3.05, 3.63) is 47.7 Å². The van der Waals surface area contributed by atoms with Crippen LogP contribution in [-0.4, -0.2) is 0 Å². The molecule has 0 amide bonds. The molecule has 82 valence electrons. The highest BCUT2D eigenvalue weighted by atomic mass is 16.3. The van der Waals surface area contributed by atoms with Crippen LogP contribution in [0.4, 0.5) is 0 Å². The molecule has 2 aromatic rings. The van der Waals surface area contributed by atoms with Gasteiger partial charge in [-0.15, -0.1) is 0 Å². The van der Waals surface area contributed by atoms with Crippen molar-refractivity contribution in [3.63, 3.8) is 0 Å². The van der Waals surface area contributed by atoms with Crippen molar-refractivity contribution in [2.24, 2.45) is 0 Å². The van der Waals surface area contributed by atoms with E-state index in [1.807, 2.05) is 6.07 Å². The van der Waals surface area contributed by atoms with E-state index in [0.717, 1.165) is 5.76 Å². The predicted octanol–water partition coefficient (Wildman–Crippen LogP) is 4.39. The van der Waals surface area contributed by atoms with Gasteiger partial charge >= 0.3 is 0 Å². The Hall–Kier alpha value is -1.50. The van der Waals surface area contributed by atoms with Crippen LogP contribution in [-0.2, 0) is 6.42 Å². The van der Waals surface area contributed by atoms with Crippen molar-refractivity contribution in [1.82, 2.24) is 0 Å². The van der Waals surface area contributed by atoms with E-state index < -0.39 is 0 Å². The van der Waals surface area contributed by atoms with Gasteiger partial charge < -0.3 is 4.42 Å². The van der Waals surface area contributed by atoms with Crippen LogP contribution in [0.5, 0.6) is 0 Å². The fourth-order valence-corrected chi connectivity index (χ4v) is 2.53. The first-order valence-corrected chi connectivity index (χ1v) is 6.02. The lowest BCUT2D eigenvalue weighted by Gasteiger charge is -2.15. The van der Waals surface area contributed by atoms with Crippen LogP contribution in [0.1, 0.15) is 37.0 Å². The Labute approximate surface area is 96.1 Å². The summed E-state index contributed by atoms with van der Waals surface area (Å²) in [6.45, 7) is 2.26. The fraction of sp³-hybridized carbons (Fsp3) is 0.333. The van der Waals surface area contributed by atoms with Gasteiger partial charge in [-0.1, -0.05) is 37.3 Å². The van der Waals surface area contributed by atoms with Crippen LogP contribution in [0, 0.1) is 0 Å². The lowest BCUT2D eigenvalue weighted by Crippen LogP contribution is -2.03. The third kappa shape index (κ3) is 1.57. The number of rotatable bonds is 1. The average molecular weight is 212 g/mol. The van der Waals surface area contributed by atoms with Crippen molar-refractivity contribution in [2.75, 3.05) is 0 Å². The molecule has 0 aliphatic heterocycles. The van der Waals surface area contributed by atoms with Gasteiger partial charge in [-0.25, -0.2) is 0 Å². The average Bonchev–Trinajstić information content (AvgIpc) is 2.76. The molecule has 1 aliphatic carbocycles. The topological polar surface area (TPSA) is 13.1 Å². The minimum Gasteiger partial charge on any atom is -0.461 e. The SMILES string of the molecule is CC1CCCc2cc(-c3ccccc3)oc21. The first kappa shape index (κ1) is 9.71. The van der Waals surface area contributed by atoms with E-state index in [2.05, 4.69) is 37.3 Å². The molecule has 0 bridgehead atoms. The number of fused-ring (bicyclic) bond motifs is 1. The first-order chi connectivity index (χ1) is 7.84. The van der Waals surface area contributed by atoms with Crippen LogP contribution >= 0.6 is 0 Å². The summed E-state index contributed by atoms with van der Waals surface area (Å²) >= 11 is 0. The summed E-state index contributed by atoms with van der Waals surface area (Å²) in [6, 6.07) is 12.6. The third-order valence-electron chi connectivity index (χ3n) is 3.43. The largest absolute Gasteiger partial charge is 0.461 e. The Morgan fingerprint density at radius 2 is 2.00 bits per heavy atom. The van der Waals surface area contributed by atoms with Crippen molar-refractivity contribution in [3.8, 4) is 11.3 Å². The molecule has 1 nitrogen and oxygen atoms in total. The molecule has 1 aliphatic rings. The third-order valence-corrected chi connectivity index (χ3v) is 3.43. The highest BCUT2D eigenvalue weighted by Crippen LogP contribution is 2.36. The molecule has 0 radical (unpaired) electrons. The second-order valence-electron chi connectivity index (χ2n) is 4.66. The van der Waals surface area contributed by atoms with Gasteiger partial charge in [-0.2, -0.15) is 0 Å². The Kier molecular flexibility index (Phi) is 2.32. The zero-order chi connectivity index (χ0) is 11.0. The number of aryl methyl sites for hydroxylation is 1. The zero-order valence-electron chi connectivity index (χ0n) is 9.57. The van der Waals surface area contributed by atoms with E-state index in [9.17, 15) is 0 Å². The van der Waals surface area contributed by atoms with Gasteiger partial charge in [0.1, 0.15) is 11.5 Å². The summed E-state index contributed by atoms with van der Waals surface area (Å²) in [5.74, 6) is 2.82. The molecule has 0 N–H and O–H groups in total. The van der Waals surface area contributed by atoms with Crippen LogP contribution in [0.3, 0.4) is 0 Å². The first-order valence-electron chi connectivity index (χ1n) is 6.02. The van der Waals surface area contributed by atoms with E-state index in [0.29, 0.717) is 5.92 Å². The molecule has 1 heterocycles. The van der Waals surface area contributed by atoms with Crippen LogP contribution < -0.4 is 0 Å². The molecule has 16 heavy (non-hydrogen) atoms. The van der Waals surface area contributed by atoms with E-state index in [1.54, 1.807) is 0 Å². The van der Waals surface area contributed by atoms with Crippen LogP contribution in [0.2, 0.25) is 0 Å². The van der Waals surface area contributed by atoms with Gasteiger partial charge in [0, 0.05) is 11.5 Å². The normalized spacial score (nSPS) is 19.4. The van der Waals surface area contributed by atoms with E-state index in [4.69, 9.17) is 4.42 Å². The number of hydrogen-bond acceptors (Lipinski definition) is 1. The summed E-state index contributed by atoms with van der Waals surface area (Å²) in [7, 11) is 0. The Morgan fingerprint density at radius 1 is 1.19 bits per heavy atom. The van der Waals surface area contributed by atoms with E-state index >= 15 is 0 Å². The maximum Gasteiger partial charge on any atom is 0.134 e. The summed E-state index contributed by atoms with van der Waals surface area (Å²) < 4.78 is 6.00. The van der Waals surface area contributed by atoms with E-state index in [1.165, 1.54) is 36.1 Å². The molecule has 1 unspecified atom stereocenters. The van der Waals surface area contributed by atoms with E-state index in [-0.39, 0.29) is 0 Å². The maximum atomic E-state index is 6.00. The molecular formula is C15H16O. The number of furan rings is 1. The van der Waals surface area contributed by atoms with Crippen LogP contribution in [0.15, 0.2) is 40.8 Å². The molecule has 0 fully saturated rings. The minimum absolute atomic E-state index is 0.584. The molecule has 1 heteroatoms. The Balaban J connectivity index is 2.05. The standard InChI is InChI=1S/C15H16O/c1-11-6-5-9-13-10-14(16-15(11)13)12-7-3-2-4-8-12/h2-4,7-8,10-11H,5-6,9H2,1H3. The smallest absolute Gasteiger partial charge is 0.134 e. The van der Waals surface area contributed by atoms with Gasteiger partial charge in [0.25, 0.3) is 0 Å². The van der Waals surface area contributed by atoms with Gasteiger partial charge in [-0.3, -0.25) is 0 Å². The summed E-state index contributed by atoms with van der Waals surface area (Å²) in [4.78, 5) is 0. The highest BCUT2D eigenvalue weighted by molar-refractivity contribution is 5.59. The van der Waals surface area contributed by atoms with Crippen molar-refractivity contribution >= 4 is 0 Å². The maximum absolute atomic E-state index is 6.00. The quantitative estimate of drug-likeness (QED) is 0.683. The van der Waals surface area contributed by atoms with Gasteiger partial charge in [0.15, 0.2) is 0 Å². The molecule has 1 aromatic carbocycles. The monoisotopic (exact) mass is 212 g/mol. The molecular weight excluding hydrogens is 196 g/mol. The number of benzene rings is 1. The second kappa shape index (κ2) is 3.82. The van der Waals surface area contributed by atoms with Crippen molar-refractivity contribution in [2.45, 2.75) is 32.1 Å². The zero-order valence-corrected chi connectivity index (χ0v) is 9.57. The summed E-state index contributed by atoms with van der Waals surface area (Å²) in [5, 5.41) is 0. The Bertz CT molecular complexity index is 481. The van der Waals surface area contributed by atoms with Crippen LogP contribution in [0.25, 0.3) is 11.3 Å². The van der Waals surface area contributed by atoms with Crippen molar-refractivity contribution in [1.29, 1.82) is 0 Å². The predicted molar refractivity (Wildman–Crippen MR) is 65.5 cm³/mol. The lowest BCUT2D eigenvalue weighted by molar-refractivity contribution is 0.440. The van der Waals surface area contributed by atoms with Crippen molar-refractivity contribution < 1.29 is 4.42 Å². The van der Waals surface area contributed by atoms with Gasteiger partial charge in [-0.05, 0) is 30.9 Å². The fourth-order valence-electron chi connectivity index (χ4n) is 2.53. The molecule has 1 atom stereocenters. The van der Waals surface area contributed by atoms with Gasteiger partial charge in [0.05, 0.1) is 0 Å². The highest BCUT2D eigenvalue weighted by Gasteiger charge is 2.21. The molecule has 0 saturated heterocycles. The molecule has 3 rings (SSSR count). The van der Waals surface area contributed by atoms with Gasteiger partial charge in [0.2, 0.25) is 0 Å². The molecule has 1 aromatic heterocycles. The second-order valence-corrected chi connectivity index (χ2v) is 4.66. The Morgan fingerprint density at radius 3 is 2.75 bits per heavy atom.